The average molecular weight is 292 g/mol. The van der Waals surface area contributed by atoms with Crippen LogP contribution >= 0.6 is 0 Å². The van der Waals surface area contributed by atoms with Gasteiger partial charge in [0.25, 0.3) is 11.6 Å². The molecule has 0 aliphatic carbocycles. The third-order valence-corrected chi connectivity index (χ3v) is 3.67. The lowest BCUT2D eigenvalue weighted by molar-refractivity contribution is -0.384. The molecule has 114 valence electrons. The van der Waals surface area contributed by atoms with Crippen molar-refractivity contribution in [2.75, 3.05) is 32.5 Å². The highest BCUT2D eigenvalue weighted by atomic mass is 16.6. The molecule has 1 aliphatic rings. The molecule has 1 aromatic carbocycles. The summed E-state index contributed by atoms with van der Waals surface area (Å²) in [5.74, 6) is -0.331. The Morgan fingerprint density at radius 2 is 2.24 bits per heavy atom. The Morgan fingerprint density at radius 1 is 1.48 bits per heavy atom. The van der Waals surface area contributed by atoms with Crippen molar-refractivity contribution in [2.45, 2.75) is 18.9 Å². The maximum Gasteiger partial charge on any atom is 0.293 e. The monoisotopic (exact) mass is 292 g/mol. The van der Waals surface area contributed by atoms with Crippen LogP contribution in [0.15, 0.2) is 18.2 Å². The molecule has 0 radical (unpaired) electrons. The third kappa shape index (κ3) is 3.69. The molecule has 21 heavy (non-hydrogen) atoms. The van der Waals surface area contributed by atoms with Gasteiger partial charge in [0.05, 0.1) is 4.92 Å². The van der Waals surface area contributed by atoms with Gasteiger partial charge < -0.3 is 15.5 Å². The van der Waals surface area contributed by atoms with Gasteiger partial charge in [-0.1, -0.05) is 0 Å². The molecule has 0 saturated carbocycles. The summed E-state index contributed by atoms with van der Waals surface area (Å²) >= 11 is 0. The van der Waals surface area contributed by atoms with Gasteiger partial charge in [0.1, 0.15) is 5.69 Å². The molecule has 2 rings (SSSR count). The number of amides is 1. The van der Waals surface area contributed by atoms with E-state index in [1.54, 1.807) is 12.1 Å². The first-order chi connectivity index (χ1) is 10.0. The third-order valence-electron chi connectivity index (χ3n) is 3.67. The quantitative estimate of drug-likeness (QED) is 0.648. The molecule has 1 aliphatic heterocycles. The van der Waals surface area contributed by atoms with Gasteiger partial charge in [-0.15, -0.1) is 0 Å². The Balaban J connectivity index is 2.22. The van der Waals surface area contributed by atoms with E-state index in [1.807, 2.05) is 7.05 Å². The highest BCUT2D eigenvalue weighted by molar-refractivity contribution is 5.95. The normalized spacial score (nSPS) is 19.0. The van der Waals surface area contributed by atoms with Crippen LogP contribution in [0.2, 0.25) is 0 Å². The van der Waals surface area contributed by atoms with E-state index in [9.17, 15) is 14.9 Å². The summed E-state index contributed by atoms with van der Waals surface area (Å²) in [6, 6.07) is 4.71. The SMILES string of the molecule is CNC(=O)c1ccc(NC2CCCN(C)C2)c([N+](=O)[O-])c1. The molecule has 0 spiro atoms. The second-order valence-corrected chi connectivity index (χ2v) is 5.31. The first-order valence-electron chi connectivity index (χ1n) is 6.97. The van der Waals surface area contributed by atoms with Gasteiger partial charge in [0, 0.05) is 31.3 Å². The molecular formula is C14H20N4O3. The van der Waals surface area contributed by atoms with Crippen LogP contribution in [0.3, 0.4) is 0 Å². The number of hydrogen-bond acceptors (Lipinski definition) is 5. The number of likely N-dealkylation sites (tertiary alicyclic amines) is 1. The lowest BCUT2D eigenvalue weighted by Crippen LogP contribution is -2.39. The number of hydrogen-bond donors (Lipinski definition) is 2. The lowest BCUT2D eigenvalue weighted by atomic mass is 10.1. The van der Waals surface area contributed by atoms with Crippen molar-refractivity contribution >= 4 is 17.3 Å². The first-order valence-corrected chi connectivity index (χ1v) is 6.97. The number of anilines is 1. The molecule has 1 atom stereocenters. The second-order valence-electron chi connectivity index (χ2n) is 5.31. The lowest BCUT2D eigenvalue weighted by Gasteiger charge is -2.30. The van der Waals surface area contributed by atoms with Gasteiger partial charge in [-0.3, -0.25) is 14.9 Å². The molecule has 7 heteroatoms. The molecule has 1 saturated heterocycles. The molecule has 7 nitrogen and oxygen atoms in total. The number of nitrogens with zero attached hydrogens (tertiary/aromatic N) is 2. The topological polar surface area (TPSA) is 87.5 Å². The summed E-state index contributed by atoms with van der Waals surface area (Å²) < 4.78 is 0. The number of piperidine rings is 1. The van der Waals surface area contributed by atoms with Crippen molar-refractivity contribution in [1.82, 2.24) is 10.2 Å². The van der Waals surface area contributed by atoms with E-state index in [4.69, 9.17) is 0 Å². The van der Waals surface area contributed by atoms with Gasteiger partial charge in [-0.25, -0.2) is 0 Å². The van der Waals surface area contributed by atoms with E-state index in [-0.39, 0.29) is 23.2 Å². The van der Waals surface area contributed by atoms with Crippen LogP contribution in [0.1, 0.15) is 23.2 Å². The summed E-state index contributed by atoms with van der Waals surface area (Å²) in [6.45, 7) is 1.91. The molecule has 0 aromatic heterocycles. The van der Waals surface area contributed by atoms with Crippen LogP contribution in [-0.2, 0) is 0 Å². The maximum atomic E-state index is 11.6. The van der Waals surface area contributed by atoms with E-state index >= 15 is 0 Å². The van der Waals surface area contributed by atoms with Crippen LogP contribution in [0.25, 0.3) is 0 Å². The number of benzene rings is 1. The maximum absolute atomic E-state index is 11.6. The Hall–Kier alpha value is -2.15. The van der Waals surface area contributed by atoms with Gasteiger partial charge in [0.15, 0.2) is 0 Å². The van der Waals surface area contributed by atoms with Crippen molar-refractivity contribution in [2.24, 2.45) is 0 Å². The van der Waals surface area contributed by atoms with Gasteiger partial charge in [0.2, 0.25) is 0 Å². The van der Waals surface area contributed by atoms with Gasteiger partial charge >= 0.3 is 0 Å². The Morgan fingerprint density at radius 3 is 2.86 bits per heavy atom. The summed E-state index contributed by atoms with van der Waals surface area (Å²) in [5.41, 5.74) is 0.688. The van der Waals surface area contributed by atoms with Crippen LogP contribution in [-0.4, -0.2) is 49.0 Å². The highest BCUT2D eigenvalue weighted by Gasteiger charge is 2.22. The zero-order valence-corrected chi connectivity index (χ0v) is 12.3. The molecule has 1 amide bonds. The number of nitro groups is 1. The van der Waals surface area contributed by atoms with E-state index in [0.717, 1.165) is 25.9 Å². The number of carbonyl (C=O) groups is 1. The fourth-order valence-corrected chi connectivity index (χ4v) is 2.59. The largest absolute Gasteiger partial charge is 0.375 e. The van der Waals surface area contributed by atoms with E-state index < -0.39 is 4.92 Å². The van der Waals surface area contributed by atoms with E-state index in [0.29, 0.717) is 5.69 Å². The Labute approximate surface area is 123 Å². The smallest absolute Gasteiger partial charge is 0.293 e. The van der Waals surface area contributed by atoms with Gasteiger partial charge in [-0.2, -0.15) is 0 Å². The minimum atomic E-state index is -0.457. The minimum Gasteiger partial charge on any atom is -0.375 e. The number of likely N-dealkylation sites (N-methyl/N-ethyl adjacent to an activating group) is 1. The Bertz CT molecular complexity index is 547. The van der Waals surface area contributed by atoms with Crippen molar-refractivity contribution in [3.63, 3.8) is 0 Å². The summed E-state index contributed by atoms with van der Waals surface area (Å²) in [7, 11) is 3.54. The predicted octanol–water partition coefficient (Wildman–Crippen LogP) is 1.46. The molecule has 0 bridgehead atoms. The van der Waals surface area contributed by atoms with Crippen LogP contribution in [0.5, 0.6) is 0 Å². The number of nitrogens with one attached hydrogen (secondary N) is 2. The molecule has 1 aromatic rings. The Kier molecular flexibility index (Phi) is 4.74. The van der Waals surface area contributed by atoms with Crippen molar-refractivity contribution in [3.05, 3.63) is 33.9 Å². The fourth-order valence-electron chi connectivity index (χ4n) is 2.59. The minimum absolute atomic E-state index is 0.0654. The molecule has 1 unspecified atom stereocenters. The highest BCUT2D eigenvalue weighted by Crippen LogP contribution is 2.27. The first kappa shape index (κ1) is 15.2. The standard InChI is InChI=1S/C14H20N4O3/c1-15-14(19)10-5-6-12(13(8-10)18(20)21)16-11-4-3-7-17(2)9-11/h5-6,8,11,16H,3-4,7,9H2,1-2H3,(H,15,19). The zero-order valence-electron chi connectivity index (χ0n) is 12.3. The average Bonchev–Trinajstić information content (AvgIpc) is 2.46. The zero-order chi connectivity index (χ0) is 15.4. The molecule has 1 heterocycles. The van der Waals surface area contributed by atoms with Crippen LogP contribution in [0, 0.1) is 10.1 Å². The van der Waals surface area contributed by atoms with Crippen LogP contribution < -0.4 is 10.6 Å². The fraction of sp³-hybridized carbons (Fsp3) is 0.500. The summed E-state index contributed by atoms with van der Waals surface area (Å²) in [5, 5.41) is 16.9. The van der Waals surface area contributed by atoms with Crippen molar-refractivity contribution < 1.29 is 9.72 Å². The van der Waals surface area contributed by atoms with Gasteiger partial charge in [-0.05, 0) is 38.6 Å². The molecule has 1 fully saturated rings. The number of nitro benzene ring substituents is 1. The van der Waals surface area contributed by atoms with Crippen molar-refractivity contribution in [1.29, 1.82) is 0 Å². The molecular weight excluding hydrogens is 272 g/mol. The summed E-state index contributed by atoms with van der Waals surface area (Å²) in [4.78, 5) is 24.5. The van der Waals surface area contributed by atoms with E-state index in [2.05, 4.69) is 15.5 Å². The molecule has 2 N–H and O–H groups in total. The second kappa shape index (κ2) is 6.53. The number of rotatable bonds is 4. The predicted molar refractivity (Wildman–Crippen MR) is 80.6 cm³/mol. The van der Waals surface area contributed by atoms with Crippen LogP contribution in [0.4, 0.5) is 11.4 Å². The van der Waals surface area contributed by atoms with Crippen molar-refractivity contribution in [3.8, 4) is 0 Å². The summed E-state index contributed by atoms with van der Waals surface area (Å²) in [6.07, 6.45) is 2.05. The van der Waals surface area contributed by atoms with E-state index in [1.165, 1.54) is 13.1 Å². The number of carbonyl (C=O) groups excluding carboxylic acids is 1.